The highest BCUT2D eigenvalue weighted by atomic mass is 16.5. The summed E-state index contributed by atoms with van der Waals surface area (Å²) in [4.78, 5) is 22.9. The normalized spacial score (nSPS) is 9.84. The van der Waals surface area contributed by atoms with Crippen molar-refractivity contribution in [2.75, 3.05) is 20.8 Å². The van der Waals surface area contributed by atoms with Crippen LogP contribution in [0.4, 0.5) is 0 Å². The van der Waals surface area contributed by atoms with E-state index in [1.165, 1.54) is 14.2 Å². The maximum atomic E-state index is 11.8. The van der Waals surface area contributed by atoms with E-state index in [9.17, 15) is 9.59 Å². The van der Waals surface area contributed by atoms with Crippen molar-refractivity contribution in [2.45, 2.75) is 19.8 Å². The third-order valence-electron chi connectivity index (χ3n) is 2.60. The number of hydrogen-bond acceptors (Lipinski definition) is 5. The minimum Gasteiger partial charge on any atom is -0.496 e. The van der Waals surface area contributed by atoms with Crippen LogP contribution in [0.25, 0.3) is 0 Å². The van der Waals surface area contributed by atoms with Crippen molar-refractivity contribution in [1.29, 1.82) is 0 Å². The van der Waals surface area contributed by atoms with Crippen LogP contribution >= 0.6 is 0 Å². The zero-order chi connectivity index (χ0) is 14.3. The molecule has 0 radical (unpaired) electrons. The van der Waals surface area contributed by atoms with E-state index in [-0.39, 0.29) is 12.4 Å². The van der Waals surface area contributed by atoms with Crippen LogP contribution in [0.1, 0.15) is 29.3 Å². The van der Waals surface area contributed by atoms with E-state index in [0.717, 1.165) is 5.56 Å². The fourth-order valence-electron chi connectivity index (χ4n) is 1.63. The Morgan fingerprint density at radius 1 is 1.21 bits per heavy atom. The lowest BCUT2D eigenvalue weighted by Gasteiger charge is -2.09. The lowest BCUT2D eigenvalue weighted by Crippen LogP contribution is -2.08. The summed E-state index contributed by atoms with van der Waals surface area (Å²) in [5.41, 5.74) is 1.22. The molecule has 0 aliphatic heterocycles. The lowest BCUT2D eigenvalue weighted by atomic mass is 10.1. The number of hydrogen-bond donors (Lipinski definition) is 0. The summed E-state index contributed by atoms with van der Waals surface area (Å²) in [5, 5.41) is 0. The zero-order valence-electron chi connectivity index (χ0n) is 11.4. The van der Waals surface area contributed by atoms with Gasteiger partial charge in [-0.25, -0.2) is 4.79 Å². The van der Waals surface area contributed by atoms with Gasteiger partial charge in [0.2, 0.25) is 0 Å². The molecule has 0 aliphatic rings. The zero-order valence-corrected chi connectivity index (χ0v) is 11.4. The summed E-state index contributed by atoms with van der Waals surface area (Å²) in [6.45, 7) is 2.04. The molecule has 1 aromatic carbocycles. The van der Waals surface area contributed by atoms with E-state index in [2.05, 4.69) is 4.74 Å². The van der Waals surface area contributed by atoms with E-state index in [0.29, 0.717) is 24.3 Å². The third-order valence-corrected chi connectivity index (χ3v) is 2.60. The number of carbonyl (C=O) groups excluding carboxylic acids is 2. The predicted octanol–water partition coefficient (Wildman–Crippen LogP) is 1.98. The van der Waals surface area contributed by atoms with Gasteiger partial charge in [-0.05, 0) is 31.0 Å². The largest absolute Gasteiger partial charge is 0.496 e. The predicted molar refractivity (Wildman–Crippen MR) is 69.3 cm³/mol. The number of esters is 2. The average molecular weight is 266 g/mol. The molecule has 104 valence electrons. The summed E-state index contributed by atoms with van der Waals surface area (Å²) >= 11 is 0. The standard InChI is InChI=1S/C14H18O5/c1-4-19-14(16)11-9-10(5-7-12(11)17-2)6-8-13(15)18-3/h5,7,9H,4,6,8H2,1-3H3. The fourth-order valence-corrected chi connectivity index (χ4v) is 1.63. The van der Waals surface area contributed by atoms with Crippen LogP contribution in [-0.2, 0) is 20.7 Å². The first-order valence-electron chi connectivity index (χ1n) is 6.03. The van der Waals surface area contributed by atoms with Crippen molar-refractivity contribution < 1.29 is 23.8 Å². The minimum absolute atomic E-state index is 0.269. The number of carbonyl (C=O) groups is 2. The summed E-state index contributed by atoms with van der Waals surface area (Å²) < 4.78 is 14.7. The van der Waals surface area contributed by atoms with E-state index < -0.39 is 5.97 Å². The number of benzene rings is 1. The first-order chi connectivity index (χ1) is 9.12. The molecule has 0 amide bonds. The van der Waals surface area contributed by atoms with Gasteiger partial charge in [0.1, 0.15) is 11.3 Å². The van der Waals surface area contributed by atoms with Gasteiger partial charge in [-0.3, -0.25) is 4.79 Å². The molecular formula is C14H18O5. The van der Waals surface area contributed by atoms with E-state index in [1.54, 1.807) is 19.1 Å². The Bertz CT molecular complexity index is 453. The van der Waals surface area contributed by atoms with Crippen LogP contribution in [0.5, 0.6) is 5.75 Å². The van der Waals surface area contributed by atoms with E-state index in [4.69, 9.17) is 9.47 Å². The Morgan fingerprint density at radius 2 is 1.95 bits per heavy atom. The summed E-state index contributed by atoms with van der Waals surface area (Å²) in [6, 6.07) is 5.18. The monoisotopic (exact) mass is 266 g/mol. The van der Waals surface area contributed by atoms with Gasteiger partial charge < -0.3 is 14.2 Å². The Morgan fingerprint density at radius 3 is 2.53 bits per heavy atom. The molecule has 0 aliphatic carbocycles. The van der Waals surface area contributed by atoms with Crippen molar-refractivity contribution in [3.8, 4) is 5.75 Å². The highest BCUT2D eigenvalue weighted by molar-refractivity contribution is 5.92. The van der Waals surface area contributed by atoms with Crippen LogP contribution in [0.2, 0.25) is 0 Å². The van der Waals surface area contributed by atoms with Crippen molar-refractivity contribution in [2.24, 2.45) is 0 Å². The SMILES string of the molecule is CCOC(=O)c1cc(CCC(=O)OC)ccc1OC. The first kappa shape index (κ1) is 15.0. The Balaban J connectivity index is 2.88. The van der Waals surface area contributed by atoms with Gasteiger partial charge in [-0.15, -0.1) is 0 Å². The summed E-state index contributed by atoms with van der Waals surface area (Å²) in [6.07, 6.45) is 0.772. The second-order valence-corrected chi connectivity index (χ2v) is 3.83. The van der Waals surface area contributed by atoms with Gasteiger partial charge in [-0.1, -0.05) is 6.07 Å². The lowest BCUT2D eigenvalue weighted by molar-refractivity contribution is -0.140. The first-order valence-corrected chi connectivity index (χ1v) is 6.03. The molecule has 0 spiro atoms. The fraction of sp³-hybridized carbons (Fsp3) is 0.429. The van der Waals surface area contributed by atoms with Gasteiger partial charge in [0, 0.05) is 6.42 Å². The number of ether oxygens (including phenoxy) is 3. The molecule has 0 unspecified atom stereocenters. The Hall–Kier alpha value is -2.04. The summed E-state index contributed by atoms with van der Waals surface area (Å²) in [7, 11) is 2.84. The molecule has 0 N–H and O–H groups in total. The van der Waals surface area contributed by atoms with Crippen LogP contribution in [0.15, 0.2) is 18.2 Å². The number of methoxy groups -OCH3 is 2. The molecule has 0 atom stereocenters. The van der Waals surface area contributed by atoms with Gasteiger partial charge in [0.15, 0.2) is 0 Å². The second-order valence-electron chi connectivity index (χ2n) is 3.83. The van der Waals surface area contributed by atoms with Crippen molar-refractivity contribution in [3.05, 3.63) is 29.3 Å². The molecule has 1 rings (SSSR count). The van der Waals surface area contributed by atoms with Crippen LogP contribution < -0.4 is 4.74 Å². The maximum absolute atomic E-state index is 11.8. The molecule has 0 saturated carbocycles. The minimum atomic E-state index is -0.431. The van der Waals surface area contributed by atoms with E-state index >= 15 is 0 Å². The maximum Gasteiger partial charge on any atom is 0.341 e. The molecule has 0 fully saturated rings. The van der Waals surface area contributed by atoms with Crippen LogP contribution in [0.3, 0.4) is 0 Å². The Kier molecular flexibility index (Phi) is 5.85. The molecule has 0 bridgehead atoms. The molecule has 5 heteroatoms. The van der Waals surface area contributed by atoms with Gasteiger partial charge in [0.25, 0.3) is 0 Å². The van der Waals surface area contributed by atoms with E-state index in [1.807, 2.05) is 6.07 Å². The van der Waals surface area contributed by atoms with Crippen molar-refractivity contribution in [1.82, 2.24) is 0 Å². The molecule has 0 aromatic heterocycles. The molecule has 5 nitrogen and oxygen atoms in total. The molecule has 19 heavy (non-hydrogen) atoms. The summed E-state index contributed by atoms with van der Waals surface area (Å²) in [5.74, 6) is -0.256. The average Bonchev–Trinajstić information content (AvgIpc) is 2.44. The molecule has 0 heterocycles. The highest BCUT2D eigenvalue weighted by Gasteiger charge is 2.14. The highest BCUT2D eigenvalue weighted by Crippen LogP contribution is 2.21. The van der Waals surface area contributed by atoms with Crippen molar-refractivity contribution >= 4 is 11.9 Å². The van der Waals surface area contributed by atoms with Gasteiger partial charge in [0.05, 0.1) is 20.8 Å². The molecule has 0 saturated heterocycles. The second kappa shape index (κ2) is 7.41. The molecular weight excluding hydrogens is 248 g/mol. The van der Waals surface area contributed by atoms with Crippen molar-refractivity contribution in [3.63, 3.8) is 0 Å². The quantitative estimate of drug-likeness (QED) is 0.737. The third kappa shape index (κ3) is 4.28. The topological polar surface area (TPSA) is 61.8 Å². The number of rotatable bonds is 6. The van der Waals surface area contributed by atoms with Gasteiger partial charge in [-0.2, -0.15) is 0 Å². The smallest absolute Gasteiger partial charge is 0.341 e. The van der Waals surface area contributed by atoms with Crippen LogP contribution in [-0.4, -0.2) is 32.8 Å². The Labute approximate surface area is 112 Å². The van der Waals surface area contributed by atoms with Crippen LogP contribution in [0, 0.1) is 0 Å². The molecule has 1 aromatic rings. The number of aryl methyl sites for hydroxylation is 1. The van der Waals surface area contributed by atoms with Gasteiger partial charge >= 0.3 is 11.9 Å².